The first kappa shape index (κ1) is 27.0. The topological polar surface area (TPSA) is 116 Å². The van der Waals surface area contributed by atoms with E-state index in [-0.39, 0.29) is 5.36 Å². The minimum atomic E-state index is -5.09. The summed E-state index contributed by atoms with van der Waals surface area (Å²) in [6.45, 7) is -2.08. The van der Waals surface area contributed by atoms with Gasteiger partial charge in [0.1, 0.15) is 11.8 Å². The van der Waals surface area contributed by atoms with Crippen molar-refractivity contribution in [1.82, 2.24) is 4.73 Å². The molecule has 196 valence electrons. The van der Waals surface area contributed by atoms with Crippen LogP contribution in [-0.4, -0.2) is 46.2 Å². The molecule has 1 saturated heterocycles. The second kappa shape index (κ2) is 9.44. The number of nitrogens with zero attached hydrogens (tertiary/aromatic N) is 2. The number of ether oxygens (including phenoxy) is 2. The molecule has 4 atom stereocenters. The summed E-state index contributed by atoms with van der Waals surface area (Å²) < 4.78 is 105. The van der Waals surface area contributed by atoms with Crippen molar-refractivity contribution in [3.05, 3.63) is 58.7 Å². The Balaban J connectivity index is 2.20. The molecule has 0 radical (unpaired) electrons. The van der Waals surface area contributed by atoms with Gasteiger partial charge in [-0.3, -0.25) is 9.59 Å². The monoisotopic (exact) mass is 525 g/mol. The number of hydrogen-bond acceptors (Lipinski definition) is 5. The molecule has 1 fully saturated rings. The number of amides is 2. The SMILES string of the molecule is C[C@@H]1[C@@H](c2ccc(F)c(F)c2OC(F)F)[C@@H](C(=O)N=c2ccn(O)c(C(N)=O)c2)O[C@@]1(C)C(F)(F)F. The van der Waals surface area contributed by atoms with Crippen LogP contribution in [0.15, 0.2) is 35.5 Å². The fourth-order valence-corrected chi connectivity index (χ4v) is 3.95. The fraction of sp³-hybridized carbons (Fsp3) is 0.381. The van der Waals surface area contributed by atoms with Crippen LogP contribution in [0.5, 0.6) is 5.75 Å². The van der Waals surface area contributed by atoms with E-state index in [0.29, 0.717) is 23.8 Å². The maximum absolute atomic E-state index is 14.4. The average Bonchev–Trinajstić information content (AvgIpc) is 3.04. The van der Waals surface area contributed by atoms with Crippen molar-refractivity contribution in [2.75, 3.05) is 0 Å². The zero-order valence-electron chi connectivity index (χ0n) is 18.4. The van der Waals surface area contributed by atoms with E-state index in [1.807, 2.05) is 0 Å². The Bertz CT molecular complexity index is 1260. The second-order valence-electron chi connectivity index (χ2n) is 8.04. The number of carbonyl (C=O) groups excluding carboxylic acids is 2. The van der Waals surface area contributed by atoms with Crippen molar-refractivity contribution in [2.24, 2.45) is 16.6 Å². The zero-order valence-corrected chi connectivity index (χ0v) is 18.4. The smallest absolute Gasteiger partial charge is 0.417 e. The summed E-state index contributed by atoms with van der Waals surface area (Å²) in [5.41, 5.74) is 0.832. The standard InChI is InChI=1S/C21H18F7N3O5/c1-8-13(10-3-4-11(22)14(23)15(10)35-19(24)25)16(36-20(8,2)21(26,27)28)18(33)30-9-5-6-31(34)12(7-9)17(29)32/h3-8,13,16,19,34H,1-2H3,(H2,29,32)/t8-,13+,16+,20-/m1/s1. The number of hydrogen-bond donors (Lipinski definition) is 2. The normalized spacial score (nSPS) is 24.8. The largest absolute Gasteiger partial charge is 0.431 e. The molecule has 0 bridgehead atoms. The van der Waals surface area contributed by atoms with Gasteiger partial charge in [0.15, 0.2) is 17.2 Å². The van der Waals surface area contributed by atoms with Crippen LogP contribution in [0.3, 0.4) is 0 Å². The Labute approximate surface area is 197 Å². The van der Waals surface area contributed by atoms with E-state index in [9.17, 15) is 45.5 Å². The maximum Gasteiger partial charge on any atom is 0.417 e. The van der Waals surface area contributed by atoms with Crippen molar-refractivity contribution in [2.45, 2.75) is 44.3 Å². The van der Waals surface area contributed by atoms with Gasteiger partial charge in [-0.2, -0.15) is 31.1 Å². The number of alkyl halides is 5. The van der Waals surface area contributed by atoms with Gasteiger partial charge in [0.2, 0.25) is 5.82 Å². The highest BCUT2D eigenvalue weighted by atomic mass is 19.4. The van der Waals surface area contributed by atoms with Gasteiger partial charge in [0.25, 0.3) is 11.8 Å². The van der Waals surface area contributed by atoms with Gasteiger partial charge in [0.05, 0.1) is 5.36 Å². The molecule has 0 spiro atoms. The Morgan fingerprint density at radius 2 is 1.89 bits per heavy atom. The molecule has 3 rings (SSSR count). The summed E-state index contributed by atoms with van der Waals surface area (Å²) in [5, 5.41) is 9.25. The van der Waals surface area contributed by atoms with Crippen LogP contribution < -0.4 is 15.8 Å². The number of benzene rings is 1. The summed E-state index contributed by atoms with van der Waals surface area (Å²) in [7, 11) is 0. The van der Waals surface area contributed by atoms with Crippen LogP contribution in [0.1, 0.15) is 35.8 Å². The molecular weight excluding hydrogens is 507 g/mol. The summed E-state index contributed by atoms with van der Waals surface area (Å²) >= 11 is 0. The average molecular weight is 525 g/mol. The van der Waals surface area contributed by atoms with Gasteiger partial charge >= 0.3 is 12.8 Å². The van der Waals surface area contributed by atoms with Crippen LogP contribution in [-0.2, 0) is 9.53 Å². The molecule has 1 aromatic heterocycles. The van der Waals surface area contributed by atoms with E-state index in [1.54, 1.807) is 0 Å². The highest BCUT2D eigenvalue weighted by Gasteiger charge is 2.66. The van der Waals surface area contributed by atoms with Gasteiger partial charge in [0, 0.05) is 23.6 Å². The second-order valence-corrected chi connectivity index (χ2v) is 8.04. The van der Waals surface area contributed by atoms with Crippen LogP contribution in [0.25, 0.3) is 0 Å². The van der Waals surface area contributed by atoms with Crippen molar-refractivity contribution < 1.29 is 55.0 Å². The molecule has 1 aliphatic heterocycles. The molecule has 0 saturated carbocycles. The summed E-state index contributed by atoms with van der Waals surface area (Å²) in [6.07, 6.45) is -6.35. The quantitative estimate of drug-likeness (QED) is 0.459. The van der Waals surface area contributed by atoms with Crippen LogP contribution in [0, 0.1) is 17.6 Å². The highest BCUT2D eigenvalue weighted by Crippen LogP contribution is 2.55. The number of halogens is 7. The molecule has 8 nitrogen and oxygen atoms in total. The minimum absolute atomic E-state index is 0.304. The summed E-state index contributed by atoms with van der Waals surface area (Å²) in [4.78, 5) is 28.0. The lowest BCUT2D eigenvalue weighted by Crippen LogP contribution is -2.47. The number of aromatic nitrogens is 1. The van der Waals surface area contributed by atoms with Gasteiger partial charge in [-0.1, -0.05) is 13.0 Å². The number of primary amides is 1. The molecule has 1 aliphatic rings. The Kier molecular flexibility index (Phi) is 7.08. The van der Waals surface area contributed by atoms with E-state index in [1.165, 1.54) is 0 Å². The first-order chi connectivity index (χ1) is 16.6. The van der Waals surface area contributed by atoms with Crippen molar-refractivity contribution >= 4 is 11.8 Å². The molecule has 2 heterocycles. The van der Waals surface area contributed by atoms with Crippen LogP contribution >= 0.6 is 0 Å². The van der Waals surface area contributed by atoms with Gasteiger partial charge in [-0.25, -0.2) is 9.38 Å². The molecule has 3 N–H and O–H groups in total. The predicted octanol–water partition coefficient (Wildman–Crippen LogP) is 3.27. The third-order valence-corrected chi connectivity index (χ3v) is 5.97. The Morgan fingerprint density at radius 3 is 2.44 bits per heavy atom. The third-order valence-electron chi connectivity index (χ3n) is 5.97. The maximum atomic E-state index is 14.4. The highest BCUT2D eigenvalue weighted by molar-refractivity contribution is 5.91. The van der Waals surface area contributed by atoms with Crippen molar-refractivity contribution in [3.63, 3.8) is 0 Å². The molecule has 2 amide bonds. The van der Waals surface area contributed by atoms with E-state index < -0.39 is 76.8 Å². The van der Waals surface area contributed by atoms with Gasteiger partial charge in [-0.05, 0) is 25.1 Å². The number of nitrogens with two attached hydrogens (primary N) is 1. The molecule has 36 heavy (non-hydrogen) atoms. The van der Waals surface area contributed by atoms with Crippen molar-refractivity contribution in [3.8, 4) is 5.75 Å². The lowest BCUT2D eigenvalue weighted by atomic mass is 9.77. The molecule has 0 unspecified atom stereocenters. The van der Waals surface area contributed by atoms with E-state index in [4.69, 9.17) is 10.5 Å². The molecule has 1 aromatic carbocycles. The first-order valence-electron chi connectivity index (χ1n) is 10.1. The van der Waals surface area contributed by atoms with Gasteiger partial charge < -0.3 is 20.4 Å². The zero-order chi connectivity index (χ0) is 27.2. The predicted molar refractivity (Wildman–Crippen MR) is 105 cm³/mol. The lowest BCUT2D eigenvalue weighted by molar-refractivity contribution is -0.272. The van der Waals surface area contributed by atoms with E-state index in [0.717, 1.165) is 25.3 Å². The number of carbonyl (C=O) groups is 2. The van der Waals surface area contributed by atoms with Crippen molar-refractivity contribution in [1.29, 1.82) is 0 Å². The van der Waals surface area contributed by atoms with E-state index in [2.05, 4.69) is 9.73 Å². The van der Waals surface area contributed by atoms with Crippen LogP contribution in [0.2, 0.25) is 0 Å². The third kappa shape index (κ3) is 4.74. The van der Waals surface area contributed by atoms with Gasteiger partial charge in [-0.15, -0.1) is 0 Å². The molecule has 2 aromatic rings. The Hall–Kier alpha value is -3.62. The lowest BCUT2D eigenvalue weighted by Gasteiger charge is -2.32. The number of pyridine rings is 1. The Morgan fingerprint density at radius 1 is 1.25 bits per heavy atom. The summed E-state index contributed by atoms with van der Waals surface area (Å²) in [6, 6.07) is 3.04. The summed E-state index contributed by atoms with van der Waals surface area (Å²) in [5.74, 6) is -10.9. The molecule has 0 aliphatic carbocycles. The minimum Gasteiger partial charge on any atom is -0.431 e. The van der Waals surface area contributed by atoms with Crippen LogP contribution in [0.4, 0.5) is 30.7 Å². The number of rotatable bonds is 5. The fourth-order valence-electron chi connectivity index (χ4n) is 3.95. The van der Waals surface area contributed by atoms with E-state index >= 15 is 0 Å². The molecule has 15 heteroatoms. The molecular formula is C21H18F7N3O5. The first-order valence-corrected chi connectivity index (χ1v) is 10.1.